The third kappa shape index (κ3) is 4.50. The summed E-state index contributed by atoms with van der Waals surface area (Å²) in [4.78, 5) is 11.9. The number of alkyl halides is 1. The topological polar surface area (TPSA) is 29.1 Å². The van der Waals surface area contributed by atoms with Crippen molar-refractivity contribution in [1.82, 2.24) is 5.32 Å². The number of aryl methyl sites for hydroxylation is 1. The quantitative estimate of drug-likeness (QED) is 0.631. The maximum Gasteiger partial charge on any atom is 0.251 e. The zero-order valence-corrected chi connectivity index (χ0v) is 12.1. The first-order chi connectivity index (χ1) is 8.16. The van der Waals surface area contributed by atoms with Gasteiger partial charge >= 0.3 is 0 Å². The molecule has 1 rings (SSSR count). The van der Waals surface area contributed by atoms with E-state index in [1.54, 1.807) is 0 Å². The average molecular weight is 298 g/mol. The summed E-state index contributed by atoms with van der Waals surface area (Å²) in [5.41, 5.74) is 3.04. The van der Waals surface area contributed by atoms with Crippen LogP contribution in [0.3, 0.4) is 0 Å². The first kappa shape index (κ1) is 14.2. The monoisotopic (exact) mass is 297 g/mol. The Hall–Kier alpha value is -0.830. The van der Waals surface area contributed by atoms with Crippen LogP contribution < -0.4 is 5.32 Å². The second-order valence-corrected chi connectivity index (χ2v) is 5.05. The molecule has 1 amide bonds. The van der Waals surface area contributed by atoms with Crippen molar-refractivity contribution in [3.63, 3.8) is 0 Å². The van der Waals surface area contributed by atoms with Crippen LogP contribution >= 0.6 is 15.9 Å². The van der Waals surface area contributed by atoms with Gasteiger partial charge in [-0.2, -0.15) is 0 Å². The third-order valence-corrected chi connectivity index (χ3v) is 3.51. The van der Waals surface area contributed by atoms with E-state index in [1.165, 1.54) is 6.42 Å². The molecule has 0 saturated carbocycles. The van der Waals surface area contributed by atoms with Crippen molar-refractivity contribution >= 4 is 21.8 Å². The van der Waals surface area contributed by atoms with Crippen molar-refractivity contribution in [2.45, 2.75) is 33.1 Å². The molecule has 0 spiro atoms. The Kier molecular flexibility index (Phi) is 6.27. The standard InChI is InChI=1S/C14H20BrNO/c1-11-7-6-8-13(12(11)2)14(17)16-10-5-3-4-9-15/h6-8H,3-5,9-10H2,1-2H3,(H,16,17). The predicted molar refractivity (Wildman–Crippen MR) is 75.9 cm³/mol. The highest BCUT2D eigenvalue weighted by atomic mass is 79.9. The molecule has 0 unspecified atom stereocenters. The van der Waals surface area contributed by atoms with E-state index < -0.39 is 0 Å². The molecule has 1 aromatic rings. The van der Waals surface area contributed by atoms with Crippen LogP contribution in [0.5, 0.6) is 0 Å². The van der Waals surface area contributed by atoms with Crippen molar-refractivity contribution in [3.05, 3.63) is 34.9 Å². The number of nitrogens with one attached hydrogen (secondary N) is 1. The molecule has 0 saturated heterocycles. The zero-order chi connectivity index (χ0) is 12.7. The Morgan fingerprint density at radius 3 is 2.71 bits per heavy atom. The van der Waals surface area contributed by atoms with Gasteiger partial charge in [0.2, 0.25) is 0 Å². The number of carbonyl (C=O) groups is 1. The van der Waals surface area contributed by atoms with Gasteiger partial charge in [0.05, 0.1) is 0 Å². The minimum atomic E-state index is 0.0463. The number of halogens is 1. The van der Waals surface area contributed by atoms with Crippen LogP contribution in [0.15, 0.2) is 18.2 Å². The molecule has 94 valence electrons. The summed E-state index contributed by atoms with van der Waals surface area (Å²) in [5.74, 6) is 0.0463. The van der Waals surface area contributed by atoms with E-state index in [9.17, 15) is 4.79 Å². The Labute approximate surface area is 112 Å². The van der Waals surface area contributed by atoms with Crippen LogP contribution in [-0.2, 0) is 0 Å². The van der Waals surface area contributed by atoms with Crippen LogP contribution in [0.2, 0.25) is 0 Å². The summed E-state index contributed by atoms with van der Waals surface area (Å²) in [7, 11) is 0. The van der Waals surface area contributed by atoms with Crippen LogP contribution in [-0.4, -0.2) is 17.8 Å². The highest BCUT2D eigenvalue weighted by molar-refractivity contribution is 9.09. The van der Waals surface area contributed by atoms with Gasteiger partial charge in [0.25, 0.3) is 5.91 Å². The van der Waals surface area contributed by atoms with Gasteiger partial charge in [-0.05, 0) is 43.9 Å². The van der Waals surface area contributed by atoms with Crippen molar-refractivity contribution in [1.29, 1.82) is 0 Å². The fraction of sp³-hybridized carbons (Fsp3) is 0.500. The maximum absolute atomic E-state index is 11.9. The summed E-state index contributed by atoms with van der Waals surface area (Å²) in [6, 6.07) is 5.85. The Morgan fingerprint density at radius 2 is 2.00 bits per heavy atom. The highest BCUT2D eigenvalue weighted by Gasteiger charge is 2.08. The smallest absolute Gasteiger partial charge is 0.251 e. The third-order valence-electron chi connectivity index (χ3n) is 2.95. The van der Waals surface area contributed by atoms with Gasteiger partial charge in [-0.15, -0.1) is 0 Å². The van der Waals surface area contributed by atoms with Gasteiger partial charge in [-0.1, -0.05) is 34.5 Å². The van der Waals surface area contributed by atoms with Gasteiger partial charge in [-0.25, -0.2) is 0 Å². The molecule has 0 aliphatic carbocycles. The lowest BCUT2D eigenvalue weighted by atomic mass is 10.0. The summed E-state index contributed by atoms with van der Waals surface area (Å²) in [6.07, 6.45) is 3.36. The molecule has 1 aromatic carbocycles. The van der Waals surface area contributed by atoms with Gasteiger partial charge in [0, 0.05) is 17.4 Å². The number of hydrogen-bond acceptors (Lipinski definition) is 1. The normalized spacial score (nSPS) is 10.3. The lowest BCUT2D eigenvalue weighted by molar-refractivity contribution is 0.0952. The highest BCUT2D eigenvalue weighted by Crippen LogP contribution is 2.12. The van der Waals surface area contributed by atoms with Gasteiger partial charge in [0.15, 0.2) is 0 Å². The largest absolute Gasteiger partial charge is 0.352 e. The molecule has 17 heavy (non-hydrogen) atoms. The van der Waals surface area contributed by atoms with Gasteiger partial charge in [0.1, 0.15) is 0 Å². The first-order valence-corrected chi connectivity index (χ1v) is 7.19. The van der Waals surface area contributed by atoms with Crippen molar-refractivity contribution in [3.8, 4) is 0 Å². The Balaban J connectivity index is 2.44. The number of carbonyl (C=O) groups excluding carboxylic acids is 1. The fourth-order valence-corrected chi connectivity index (χ4v) is 2.09. The number of amides is 1. The molecular weight excluding hydrogens is 278 g/mol. The molecule has 0 bridgehead atoms. The van der Waals surface area contributed by atoms with E-state index >= 15 is 0 Å². The summed E-state index contributed by atoms with van der Waals surface area (Å²) in [6.45, 7) is 4.79. The van der Waals surface area contributed by atoms with E-state index in [2.05, 4.69) is 21.2 Å². The van der Waals surface area contributed by atoms with Crippen molar-refractivity contribution in [2.24, 2.45) is 0 Å². The van der Waals surface area contributed by atoms with Crippen molar-refractivity contribution < 1.29 is 4.79 Å². The average Bonchev–Trinajstić information content (AvgIpc) is 2.32. The number of rotatable bonds is 6. The first-order valence-electron chi connectivity index (χ1n) is 6.07. The molecule has 0 aliphatic rings. The molecule has 0 atom stereocenters. The molecule has 0 aromatic heterocycles. The van der Waals surface area contributed by atoms with Gasteiger partial charge < -0.3 is 5.32 Å². The van der Waals surface area contributed by atoms with E-state index in [1.807, 2.05) is 32.0 Å². The predicted octanol–water partition coefficient (Wildman–Crippen LogP) is 3.60. The molecular formula is C14H20BrNO. The minimum Gasteiger partial charge on any atom is -0.352 e. The van der Waals surface area contributed by atoms with E-state index in [-0.39, 0.29) is 5.91 Å². The lowest BCUT2D eigenvalue weighted by Gasteiger charge is -2.09. The lowest BCUT2D eigenvalue weighted by Crippen LogP contribution is -2.25. The number of benzene rings is 1. The van der Waals surface area contributed by atoms with E-state index in [0.29, 0.717) is 0 Å². The molecule has 0 fully saturated rings. The van der Waals surface area contributed by atoms with Crippen molar-refractivity contribution in [2.75, 3.05) is 11.9 Å². The maximum atomic E-state index is 11.9. The van der Waals surface area contributed by atoms with E-state index in [0.717, 1.165) is 41.4 Å². The van der Waals surface area contributed by atoms with E-state index in [4.69, 9.17) is 0 Å². The molecule has 0 radical (unpaired) electrons. The molecule has 3 heteroatoms. The summed E-state index contributed by atoms with van der Waals surface area (Å²) < 4.78 is 0. The molecule has 2 nitrogen and oxygen atoms in total. The molecule has 1 N–H and O–H groups in total. The summed E-state index contributed by atoms with van der Waals surface area (Å²) in [5, 5.41) is 4.01. The molecule has 0 aliphatic heterocycles. The zero-order valence-electron chi connectivity index (χ0n) is 10.6. The SMILES string of the molecule is Cc1cccc(C(=O)NCCCCCBr)c1C. The van der Waals surface area contributed by atoms with Crippen LogP contribution in [0.4, 0.5) is 0 Å². The van der Waals surface area contributed by atoms with Gasteiger partial charge in [-0.3, -0.25) is 4.79 Å². The second kappa shape index (κ2) is 7.49. The van der Waals surface area contributed by atoms with Crippen LogP contribution in [0.1, 0.15) is 40.7 Å². The Bertz CT molecular complexity index is 376. The summed E-state index contributed by atoms with van der Waals surface area (Å²) >= 11 is 3.40. The fourth-order valence-electron chi connectivity index (χ4n) is 1.69. The Morgan fingerprint density at radius 1 is 1.24 bits per heavy atom. The van der Waals surface area contributed by atoms with Crippen LogP contribution in [0.25, 0.3) is 0 Å². The van der Waals surface area contributed by atoms with Crippen LogP contribution in [0, 0.1) is 13.8 Å². The minimum absolute atomic E-state index is 0.0463. The number of unbranched alkanes of at least 4 members (excludes halogenated alkanes) is 2. The second-order valence-electron chi connectivity index (χ2n) is 4.25. The molecule has 0 heterocycles. The number of hydrogen-bond donors (Lipinski definition) is 1.